The number of nitrogens with one attached hydrogen (secondary N) is 3. The van der Waals surface area contributed by atoms with Gasteiger partial charge >= 0.3 is 12.2 Å². The number of methoxy groups -OCH3 is 1. The minimum absolute atomic E-state index is 0.144. The number of amides is 3. The van der Waals surface area contributed by atoms with Crippen LogP contribution in [-0.4, -0.2) is 90.4 Å². The summed E-state index contributed by atoms with van der Waals surface area (Å²) >= 11 is 0. The van der Waals surface area contributed by atoms with E-state index in [9.17, 15) is 24.6 Å². The van der Waals surface area contributed by atoms with Gasteiger partial charge in [-0.05, 0) is 58.4 Å². The van der Waals surface area contributed by atoms with Crippen molar-refractivity contribution in [3.63, 3.8) is 0 Å². The Hall–Kier alpha value is -5.69. The number of carbonyl (C=O) groups is 3. The number of rotatable bonds is 8. The Balaban J connectivity index is 1.05. The highest BCUT2D eigenvalue weighted by atomic mass is 16.5. The first-order valence-corrected chi connectivity index (χ1v) is 17.2. The predicted octanol–water partition coefficient (Wildman–Crippen LogP) is 6.12. The quantitative estimate of drug-likeness (QED) is 0.129. The molecule has 51 heavy (non-hydrogen) atoms. The summed E-state index contributed by atoms with van der Waals surface area (Å²) in [6, 6.07) is 19.2. The molecule has 7 rings (SSSR count). The third-order valence-corrected chi connectivity index (χ3v) is 9.95. The average Bonchev–Trinajstić information content (AvgIpc) is 3.96. The lowest BCUT2D eigenvalue weighted by atomic mass is 9.98. The number of β-amino-alcohol motifs (C(OH)–C–C–N with tert-alkyl or cyclic N) is 1. The van der Waals surface area contributed by atoms with Gasteiger partial charge in [0.25, 0.3) is 0 Å². The largest absolute Gasteiger partial charge is 0.465 e. The number of alkyl carbamates (subject to hydrolysis) is 1. The molecule has 1 unspecified atom stereocenters. The van der Waals surface area contributed by atoms with Gasteiger partial charge in [0.15, 0.2) is 0 Å². The molecule has 2 aliphatic rings. The number of carbonyl (C=O) groups excluding carboxylic acids is 2. The second-order valence-corrected chi connectivity index (χ2v) is 13.6. The number of aliphatic hydroxyl groups excluding tert-OH is 1. The van der Waals surface area contributed by atoms with E-state index in [1.807, 2.05) is 32.0 Å². The number of benzene rings is 3. The van der Waals surface area contributed by atoms with Gasteiger partial charge in [0.1, 0.15) is 17.7 Å². The molecule has 5 aromatic rings. The van der Waals surface area contributed by atoms with Crippen molar-refractivity contribution in [1.29, 1.82) is 0 Å². The predicted molar refractivity (Wildman–Crippen MR) is 190 cm³/mol. The number of imidazole rings is 2. The van der Waals surface area contributed by atoms with Crippen molar-refractivity contribution in [1.82, 2.24) is 35.1 Å². The van der Waals surface area contributed by atoms with Crippen LogP contribution in [0, 0.1) is 5.92 Å². The Labute approximate surface area is 294 Å². The zero-order valence-corrected chi connectivity index (χ0v) is 28.7. The number of likely N-dealkylation sites (tertiary alicyclic amines) is 2. The summed E-state index contributed by atoms with van der Waals surface area (Å²) in [6.07, 6.45) is 3.11. The lowest BCUT2D eigenvalue weighted by molar-refractivity contribution is -0.135. The van der Waals surface area contributed by atoms with Gasteiger partial charge in [-0.3, -0.25) is 9.69 Å². The highest BCUT2D eigenvalue weighted by Crippen LogP contribution is 2.35. The van der Waals surface area contributed by atoms with Crippen LogP contribution in [0.5, 0.6) is 0 Å². The van der Waals surface area contributed by atoms with E-state index in [2.05, 4.69) is 67.7 Å². The molecule has 0 spiro atoms. The standard InChI is InChI=1S/C38H41N7O6/c1-21(2)33(43-37(48)51-3)36(47)45-20-28(46)17-32(45)35-40-18-29(41-35)23-8-6-22(7-9-23)24-10-11-26-16-27(13-12-25(26)15-24)30-19-39-34(42-30)31-5-4-14-44(31)38(49)50/h6-13,15-16,18-19,21,28,31-33,46H,4-5,14,17,20H2,1-3H3,(H,39,42)(H,40,41)(H,43,48)(H,49,50)/t28-,31?,32-,33-/m0/s1. The van der Waals surface area contributed by atoms with Gasteiger partial charge in [-0.25, -0.2) is 19.6 Å². The maximum absolute atomic E-state index is 13.5. The third kappa shape index (κ3) is 6.76. The summed E-state index contributed by atoms with van der Waals surface area (Å²) in [4.78, 5) is 55.9. The van der Waals surface area contributed by atoms with Gasteiger partial charge in [0, 0.05) is 25.1 Å². The van der Waals surface area contributed by atoms with E-state index >= 15 is 0 Å². The molecule has 2 aromatic heterocycles. The first kappa shape index (κ1) is 33.8. The van der Waals surface area contributed by atoms with Crippen LogP contribution in [0.1, 0.15) is 56.8 Å². The van der Waals surface area contributed by atoms with Gasteiger partial charge in [0.05, 0.1) is 49.1 Å². The van der Waals surface area contributed by atoms with E-state index in [-0.39, 0.29) is 24.4 Å². The number of aromatic amines is 2. The number of aromatic nitrogens is 4. The molecule has 13 heteroatoms. The molecule has 3 aromatic carbocycles. The topological polar surface area (TPSA) is 177 Å². The van der Waals surface area contributed by atoms with Crippen molar-refractivity contribution in [3.05, 3.63) is 84.7 Å². The normalized spacial score (nSPS) is 19.5. The van der Waals surface area contributed by atoms with Crippen LogP contribution >= 0.6 is 0 Å². The summed E-state index contributed by atoms with van der Waals surface area (Å²) in [6.45, 7) is 4.35. The zero-order chi connectivity index (χ0) is 35.8. The van der Waals surface area contributed by atoms with Crippen molar-refractivity contribution in [3.8, 4) is 33.6 Å². The first-order valence-electron chi connectivity index (χ1n) is 17.2. The Morgan fingerprint density at radius 3 is 2.08 bits per heavy atom. The number of H-pyrrole nitrogens is 2. The molecule has 0 radical (unpaired) electrons. The fourth-order valence-corrected chi connectivity index (χ4v) is 7.22. The smallest absolute Gasteiger partial charge is 0.407 e. The Kier molecular flexibility index (Phi) is 9.21. The van der Waals surface area contributed by atoms with Crippen LogP contribution < -0.4 is 5.32 Å². The number of ether oxygens (including phenoxy) is 1. The van der Waals surface area contributed by atoms with E-state index in [4.69, 9.17) is 4.74 Å². The number of hydrogen-bond acceptors (Lipinski definition) is 7. The number of hydrogen-bond donors (Lipinski definition) is 5. The summed E-state index contributed by atoms with van der Waals surface area (Å²) in [7, 11) is 1.25. The maximum atomic E-state index is 13.5. The van der Waals surface area contributed by atoms with Gasteiger partial charge in [-0.2, -0.15) is 0 Å². The van der Waals surface area contributed by atoms with E-state index in [0.29, 0.717) is 24.6 Å². The summed E-state index contributed by atoms with van der Waals surface area (Å²) in [5, 5.41) is 24.8. The minimum Gasteiger partial charge on any atom is -0.465 e. The SMILES string of the molecule is COC(=O)N[C@H](C(=O)N1C[C@@H](O)C[C@H]1c1ncc(-c2ccc(-c3ccc4cc(-c5cnc(C6CCCN6C(=O)O)[nH]5)ccc4c3)cc2)[nH]1)C(C)C. The molecular formula is C38H41N7O6. The fourth-order valence-electron chi connectivity index (χ4n) is 7.22. The molecular weight excluding hydrogens is 650 g/mol. The summed E-state index contributed by atoms with van der Waals surface area (Å²) < 4.78 is 4.72. The van der Waals surface area contributed by atoms with Crippen molar-refractivity contribution < 1.29 is 29.3 Å². The summed E-state index contributed by atoms with van der Waals surface area (Å²) in [5.41, 5.74) is 5.67. The summed E-state index contributed by atoms with van der Waals surface area (Å²) in [5.74, 6) is 0.761. The molecule has 4 atom stereocenters. The molecule has 2 fully saturated rings. The van der Waals surface area contributed by atoms with Crippen molar-refractivity contribution >= 4 is 28.9 Å². The van der Waals surface area contributed by atoms with Crippen LogP contribution in [-0.2, 0) is 9.53 Å². The van der Waals surface area contributed by atoms with Gasteiger partial charge in [0.2, 0.25) is 5.91 Å². The number of aliphatic hydroxyl groups is 1. The van der Waals surface area contributed by atoms with Crippen molar-refractivity contribution in [2.24, 2.45) is 5.92 Å². The lowest BCUT2D eigenvalue weighted by Crippen LogP contribution is -2.51. The molecule has 0 saturated carbocycles. The molecule has 2 aliphatic heterocycles. The molecule has 13 nitrogen and oxygen atoms in total. The highest BCUT2D eigenvalue weighted by Gasteiger charge is 2.41. The molecule has 5 N–H and O–H groups in total. The van der Waals surface area contributed by atoms with E-state index in [1.165, 1.54) is 12.0 Å². The molecule has 2 saturated heterocycles. The van der Waals surface area contributed by atoms with Crippen molar-refractivity contribution in [2.45, 2.75) is 57.3 Å². The Morgan fingerprint density at radius 1 is 0.843 bits per heavy atom. The van der Waals surface area contributed by atoms with Crippen LogP contribution in [0.2, 0.25) is 0 Å². The van der Waals surface area contributed by atoms with Crippen molar-refractivity contribution in [2.75, 3.05) is 20.2 Å². The third-order valence-electron chi connectivity index (χ3n) is 9.95. The fraction of sp³-hybridized carbons (Fsp3) is 0.342. The molecule has 4 heterocycles. The first-order chi connectivity index (χ1) is 24.6. The van der Waals surface area contributed by atoms with Gasteiger partial charge in [-0.1, -0.05) is 62.4 Å². The molecule has 3 amide bonds. The number of carboxylic acid groups (broad SMARTS) is 1. The van der Waals surface area contributed by atoms with E-state index < -0.39 is 30.4 Å². The molecule has 0 bridgehead atoms. The second-order valence-electron chi connectivity index (χ2n) is 13.6. The molecule has 0 aliphatic carbocycles. The van der Waals surface area contributed by atoms with Gasteiger partial charge < -0.3 is 35.1 Å². The van der Waals surface area contributed by atoms with Crippen LogP contribution in [0.15, 0.2) is 73.1 Å². The Bertz CT molecular complexity index is 2070. The minimum atomic E-state index is -0.919. The van der Waals surface area contributed by atoms with E-state index in [1.54, 1.807) is 17.3 Å². The lowest BCUT2D eigenvalue weighted by Gasteiger charge is -2.29. The monoisotopic (exact) mass is 691 g/mol. The second kappa shape index (κ2) is 13.9. The zero-order valence-electron chi connectivity index (χ0n) is 28.7. The van der Waals surface area contributed by atoms with Crippen LogP contribution in [0.3, 0.4) is 0 Å². The van der Waals surface area contributed by atoms with Gasteiger partial charge in [-0.15, -0.1) is 0 Å². The van der Waals surface area contributed by atoms with Crippen LogP contribution in [0.4, 0.5) is 9.59 Å². The number of nitrogens with zero attached hydrogens (tertiary/aromatic N) is 4. The number of fused-ring (bicyclic) bond motifs is 1. The highest BCUT2D eigenvalue weighted by molar-refractivity contribution is 5.91. The Morgan fingerprint density at radius 2 is 1.43 bits per heavy atom. The average molecular weight is 692 g/mol. The van der Waals surface area contributed by atoms with E-state index in [0.717, 1.165) is 57.3 Å². The van der Waals surface area contributed by atoms with Crippen LogP contribution in [0.25, 0.3) is 44.4 Å². The molecule has 264 valence electrons. The maximum Gasteiger partial charge on any atom is 0.407 e.